The summed E-state index contributed by atoms with van der Waals surface area (Å²) in [6, 6.07) is 1.66. The minimum atomic E-state index is -0.486. The Balaban J connectivity index is 1.30. The van der Waals surface area contributed by atoms with Gasteiger partial charge in [0.25, 0.3) is 5.91 Å². The first-order chi connectivity index (χ1) is 13.1. The Morgan fingerprint density at radius 3 is 3.00 bits per heavy atom. The number of hydrogen-bond acceptors (Lipinski definition) is 6. The predicted molar refractivity (Wildman–Crippen MR) is 94.5 cm³/mol. The third-order valence-electron chi connectivity index (χ3n) is 5.14. The number of ether oxygens (including phenoxy) is 1. The summed E-state index contributed by atoms with van der Waals surface area (Å²) in [5.41, 5.74) is 2.02. The molecule has 2 aromatic heterocycles. The van der Waals surface area contributed by atoms with E-state index in [0.717, 1.165) is 12.1 Å². The number of likely N-dealkylation sites (tertiary alicyclic amines) is 1. The lowest BCUT2D eigenvalue weighted by Crippen LogP contribution is -2.45. The average molecular weight is 370 g/mol. The number of carbonyl (C=O) groups excluding carboxylic acids is 2. The van der Waals surface area contributed by atoms with Crippen molar-refractivity contribution in [3.8, 4) is 0 Å². The van der Waals surface area contributed by atoms with Gasteiger partial charge in [-0.05, 0) is 31.7 Å². The highest BCUT2D eigenvalue weighted by atomic mass is 16.5. The van der Waals surface area contributed by atoms with Crippen LogP contribution in [0.25, 0.3) is 0 Å². The molecule has 0 saturated carbocycles. The number of aromatic amines is 1. The molecule has 0 spiro atoms. The number of amides is 2. The van der Waals surface area contributed by atoms with Crippen LogP contribution in [0.5, 0.6) is 0 Å². The van der Waals surface area contributed by atoms with Gasteiger partial charge in [-0.3, -0.25) is 24.7 Å². The molecule has 27 heavy (non-hydrogen) atoms. The zero-order valence-electron chi connectivity index (χ0n) is 15.1. The Morgan fingerprint density at radius 1 is 1.37 bits per heavy atom. The van der Waals surface area contributed by atoms with E-state index in [1.165, 1.54) is 0 Å². The molecule has 142 valence electrons. The fourth-order valence-corrected chi connectivity index (χ4v) is 3.63. The predicted octanol–water partition coefficient (Wildman–Crippen LogP) is 0.444. The molecular formula is C18H22N6O3. The number of aryl methyl sites for hydroxylation is 1. The SMILES string of the molecule is Cc1cnc(CNC(=O)[C@@H]2C[C@@H]3CCN(C(=O)c4ccn[nH]4)C[C@H]3O2)cn1. The molecule has 2 N–H and O–H groups in total. The van der Waals surface area contributed by atoms with Crippen LogP contribution in [-0.2, 0) is 16.1 Å². The Morgan fingerprint density at radius 2 is 2.26 bits per heavy atom. The van der Waals surface area contributed by atoms with E-state index in [2.05, 4.69) is 25.5 Å². The van der Waals surface area contributed by atoms with Crippen LogP contribution in [0.3, 0.4) is 0 Å². The zero-order valence-corrected chi connectivity index (χ0v) is 15.1. The molecule has 2 aliphatic rings. The van der Waals surface area contributed by atoms with Crippen molar-refractivity contribution in [2.75, 3.05) is 13.1 Å². The van der Waals surface area contributed by atoms with Crippen LogP contribution < -0.4 is 5.32 Å². The van der Waals surface area contributed by atoms with E-state index in [-0.39, 0.29) is 17.9 Å². The Kier molecular flexibility index (Phi) is 4.85. The van der Waals surface area contributed by atoms with Crippen molar-refractivity contribution < 1.29 is 14.3 Å². The van der Waals surface area contributed by atoms with E-state index in [1.807, 2.05) is 6.92 Å². The van der Waals surface area contributed by atoms with Crippen LogP contribution in [0.4, 0.5) is 0 Å². The second-order valence-corrected chi connectivity index (χ2v) is 7.04. The second-order valence-electron chi connectivity index (χ2n) is 7.04. The molecule has 2 saturated heterocycles. The molecule has 9 nitrogen and oxygen atoms in total. The summed E-state index contributed by atoms with van der Waals surface area (Å²) in [6.07, 6.45) is 5.81. The molecule has 3 atom stereocenters. The van der Waals surface area contributed by atoms with Crippen LogP contribution in [-0.4, -0.2) is 62.2 Å². The molecule has 4 rings (SSSR count). The van der Waals surface area contributed by atoms with Crippen molar-refractivity contribution in [1.29, 1.82) is 0 Å². The summed E-state index contributed by atoms with van der Waals surface area (Å²) >= 11 is 0. The highest BCUT2D eigenvalue weighted by molar-refractivity contribution is 5.92. The molecule has 2 aromatic rings. The van der Waals surface area contributed by atoms with Crippen LogP contribution in [0.2, 0.25) is 0 Å². The van der Waals surface area contributed by atoms with Crippen molar-refractivity contribution in [1.82, 2.24) is 30.4 Å². The smallest absolute Gasteiger partial charge is 0.271 e. The van der Waals surface area contributed by atoms with Gasteiger partial charge in [0.1, 0.15) is 11.8 Å². The number of piperidine rings is 1. The summed E-state index contributed by atoms with van der Waals surface area (Å²) in [5, 5.41) is 9.39. The molecule has 0 unspecified atom stereocenters. The fraction of sp³-hybridized carbons (Fsp3) is 0.500. The third kappa shape index (κ3) is 3.82. The van der Waals surface area contributed by atoms with Crippen molar-refractivity contribution in [2.45, 2.75) is 38.5 Å². The highest BCUT2D eigenvalue weighted by Gasteiger charge is 2.42. The number of aromatic nitrogens is 4. The number of H-pyrrole nitrogens is 1. The van der Waals surface area contributed by atoms with E-state index >= 15 is 0 Å². The second kappa shape index (κ2) is 7.43. The molecule has 2 amide bonds. The van der Waals surface area contributed by atoms with Gasteiger partial charge >= 0.3 is 0 Å². The van der Waals surface area contributed by atoms with Crippen molar-refractivity contribution >= 4 is 11.8 Å². The van der Waals surface area contributed by atoms with Gasteiger partial charge in [0.05, 0.1) is 30.2 Å². The number of rotatable bonds is 4. The monoisotopic (exact) mass is 370 g/mol. The van der Waals surface area contributed by atoms with Gasteiger partial charge in [-0.1, -0.05) is 0 Å². The standard InChI is InChI=1S/C18H22N6O3/c1-11-7-20-13(8-19-11)9-21-17(25)15-6-12-3-5-24(10-16(12)27-15)18(26)14-2-4-22-23-14/h2,4,7-8,12,15-16H,3,5-6,9-10H2,1H3,(H,21,25)(H,22,23)/t12-,15-,16+/m0/s1. The third-order valence-corrected chi connectivity index (χ3v) is 5.14. The van der Waals surface area contributed by atoms with Gasteiger partial charge < -0.3 is 15.0 Å². The summed E-state index contributed by atoms with van der Waals surface area (Å²) < 4.78 is 5.96. The zero-order chi connectivity index (χ0) is 18.8. The molecule has 0 aromatic carbocycles. The molecule has 4 heterocycles. The Hall–Kier alpha value is -2.81. The van der Waals surface area contributed by atoms with Gasteiger partial charge in [0.15, 0.2) is 0 Å². The van der Waals surface area contributed by atoms with Gasteiger partial charge in [-0.2, -0.15) is 5.10 Å². The van der Waals surface area contributed by atoms with E-state index in [0.29, 0.717) is 43.4 Å². The molecule has 0 aliphatic carbocycles. The lowest BCUT2D eigenvalue weighted by Gasteiger charge is -2.33. The van der Waals surface area contributed by atoms with Gasteiger partial charge in [-0.25, -0.2) is 0 Å². The minimum absolute atomic E-state index is 0.0830. The highest BCUT2D eigenvalue weighted by Crippen LogP contribution is 2.33. The van der Waals surface area contributed by atoms with Crippen LogP contribution >= 0.6 is 0 Å². The number of nitrogens with zero attached hydrogens (tertiary/aromatic N) is 4. The maximum absolute atomic E-state index is 12.5. The summed E-state index contributed by atoms with van der Waals surface area (Å²) in [5.74, 6) is 0.0735. The number of hydrogen-bond donors (Lipinski definition) is 2. The number of carbonyl (C=O) groups is 2. The van der Waals surface area contributed by atoms with Gasteiger partial charge in [-0.15, -0.1) is 0 Å². The van der Waals surface area contributed by atoms with Crippen molar-refractivity contribution in [3.63, 3.8) is 0 Å². The largest absolute Gasteiger partial charge is 0.363 e. The van der Waals surface area contributed by atoms with E-state index in [1.54, 1.807) is 29.6 Å². The fourth-order valence-electron chi connectivity index (χ4n) is 3.63. The first-order valence-electron chi connectivity index (χ1n) is 9.09. The van der Waals surface area contributed by atoms with Crippen LogP contribution in [0, 0.1) is 12.8 Å². The normalized spacial score (nSPS) is 24.5. The first kappa shape index (κ1) is 17.6. The Labute approximate surface area is 156 Å². The first-order valence-corrected chi connectivity index (χ1v) is 9.09. The van der Waals surface area contributed by atoms with Gasteiger partial charge in [0, 0.05) is 25.5 Å². The maximum Gasteiger partial charge on any atom is 0.271 e. The summed E-state index contributed by atoms with van der Waals surface area (Å²) in [7, 11) is 0. The minimum Gasteiger partial charge on any atom is -0.363 e. The molecule has 0 bridgehead atoms. The quantitative estimate of drug-likeness (QED) is 0.808. The topological polar surface area (TPSA) is 113 Å². The van der Waals surface area contributed by atoms with Crippen LogP contribution in [0.15, 0.2) is 24.7 Å². The van der Waals surface area contributed by atoms with Crippen molar-refractivity contribution in [3.05, 3.63) is 41.7 Å². The molecule has 2 fully saturated rings. The lowest BCUT2D eigenvalue weighted by molar-refractivity contribution is -0.132. The van der Waals surface area contributed by atoms with Gasteiger partial charge in [0.2, 0.25) is 5.91 Å². The molecular weight excluding hydrogens is 348 g/mol. The Bertz CT molecular complexity index is 807. The molecule has 2 aliphatic heterocycles. The lowest BCUT2D eigenvalue weighted by atomic mass is 9.91. The van der Waals surface area contributed by atoms with Crippen LogP contribution in [0.1, 0.15) is 34.7 Å². The summed E-state index contributed by atoms with van der Waals surface area (Å²) in [4.78, 5) is 35.1. The van der Waals surface area contributed by atoms with Crippen molar-refractivity contribution in [2.24, 2.45) is 5.92 Å². The van der Waals surface area contributed by atoms with E-state index in [9.17, 15) is 9.59 Å². The molecule has 9 heteroatoms. The number of nitrogens with one attached hydrogen (secondary N) is 2. The van der Waals surface area contributed by atoms with E-state index < -0.39 is 6.10 Å². The molecule has 0 radical (unpaired) electrons. The van der Waals surface area contributed by atoms with E-state index in [4.69, 9.17) is 4.74 Å². The number of fused-ring (bicyclic) bond motifs is 1. The summed E-state index contributed by atoms with van der Waals surface area (Å²) in [6.45, 7) is 3.35. The maximum atomic E-state index is 12.5. The average Bonchev–Trinajstić information content (AvgIpc) is 3.36.